The summed E-state index contributed by atoms with van der Waals surface area (Å²) in [6.45, 7) is 3.95. The van der Waals surface area contributed by atoms with Crippen LogP contribution in [0.2, 0.25) is 0 Å². The second-order valence-corrected chi connectivity index (χ2v) is 4.95. The van der Waals surface area contributed by atoms with Gasteiger partial charge in [0.1, 0.15) is 11.5 Å². The predicted molar refractivity (Wildman–Crippen MR) is 87.9 cm³/mol. The fraction of sp³-hybridized carbons (Fsp3) is 0.222. The van der Waals surface area contributed by atoms with E-state index in [1.54, 1.807) is 42.5 Å². The largest absolute Gasteiger partial charge is 0.494 e. The van der Waals surface area contributed by atoms with Crippen molar-refractivity contribution >= 4 is 17.6 Å². The first-order chi connectivity index (χ1) is 11.1. The van der Waals surface area contributed by atoms with Crippen molar-refractivity contribution in [3.8, 4) is 11.5 Å². The highest BCUT2D eigenvalue weighted by Gasteiger charge is 2.08. The van der Waals surface area contributed by atoms with E-state index in [1.807, 2.05) is 13.0 Å². The number of nitrogens with one attached hydrogen (secondary N) is 1. The van der Waals surface area contributed by atoms with E-state index in [2.05, 4.69) is 5.32 Å². The highest BCUT2D eigenvalue weighted by atomic mass is 16.5. The number of carbonyl (C=O) groups excluding carboxylic acids is 2. The van der Waals surface area contributed by atoms with E-state index in [1.165, 1.54) is 6.92 Å². The fourth-order valence-corrected chi connectivity index (χ4v) is 1.95. The van der Waals surface area contributed by atoms with Crippen LogP contribution in [-0.4, -0.2) is 18.5 Å². The molecule has 1 N–H and O–H groups in total. The highest BCUT2D eigenvalue weighted by molar-refractivity contribution is 6.04. The summed E-state index contributed by atoms with van der Waals surface area (Å²) < 4.78 is 10.5. The van der Waals surface area contributed by atoms with Gasteiger partial charge in [0.05, 0.1) is 6.61 Å². The molecule has 0 fully saturated rings. The van der Waals surface area contributed by atoms with Crippen molar-refractivity contribution in [2.45, 2.75) is 20.3 Å². The summed E-state index contributed by atoms with van der Waals surface area (Å²) in [5, 5.41) is 2.77. The molecule has 0 heterocycles. The van der Waals surface area contributed by atoms with Gasteiger partial charge in [0.25, 0.3) is 5.91 Å². The molecule has 23 heavy (non-hydrogen) atoms. The Labute approximate surface area is 135 Å². The van der Waals surface area contributed by atoms with Gasteiger partial charge in [-0.3, -0.25) is 9.59 Å². The van der Waals surface area contributed by atoms with Crippen molar-refractivity contribution in [3.05, 3.63) is 54.1 Å². The van der Waals surface area contributed by atoms with Crippen molar-refractivity contribution in [1.82, 2.24) is 0 Å². The summed E-state index contributed by atoms with van der Waals surface area (Å²) in [6.07, 6.45) is 0.902. The van der Waals surface area contributed by atoms with Gasteiger partial charge in [-0.15, -0.1) is 0 Å². The quantitative estimate of drug-likeness (QED) is 0.653. The lowest BCUT2D eigenvalue weighted by molar-refractivity contribution is -0.131. The second kappa shape index (κ2) is 7.98. The molecule has 0 atom stereocenters. The molecule has 5 nitrogen and oxygen atoms in total. The molecular weight excluding hydrogens is 294 g/mol. The fourth-order valence-electron chi connectivity index (χ4n) is 1.95. The molecule has 0 aromatic heterocycles. The lowest BCUT2D eigenvalue weighted by atomic mass is 10.2. The van der Waals surface area contributed by atoms with Gasteiger partial charge < -0.3 is 14.8 Å². The Hall–Kier alpha value is -2.82. The molecule has 5 heteroatoms. The van der Waals surface area contributed by atoms with Gasteiger partial charge in [-0.1, -0.05) is 19.1 Å². The smallest absolute Gasteiger partial charge is 0.308 e. The Morgan fingerprint density at radius 2 is 1.78 bits per heavy atom. The lowest BCUT2D eigenvalue weighted by Crippen LogP contribution is -2.12. The van der Waals surface area contributed by atoms with E-state index < -0.39 is 5.97 Å². The predicted octanol–water partition coefficient (Wildman–Crippen LogP) is 3.65. The van der Waals surface area contributed by atoms with Crippen molar-refractivity contribution in [2.24, 2.45) is 0 Å². The number of carbonyl (C=O) groups is 2. The van der Waals surface area contributed by atoms with Crippen LogP contribution in [-0.2, 0) is 4.79 Å². The normalized spacial score (nSPS) is 10.0. The SMILES string of the molecule is CCCOc1cccc(C(=O)Nc2cccc(OC(C)=O)c2)c1. The Morgan fingerprint density at radius 1 is 1.04 bits per heavy atom. The van der Waals surface area contributed by atoms with Gasteiger partial charge in [-0.2, -0.15) is 0 Å². The molecule has 0 unspecified atom stereocenters. The minimum absolute atomic E-state index is 0.257. The Bertz CT molecular complexity index is 697. The lowest BCUT2D eigenvalue weighted by Gasteiger charge is -2.09. The van der Waals surface area contributed by atoms with Crippen molar-refractivity contribution < 1.29 is 19.1 Å². The summed E-state index contributed by atoms with van der Waals surface area (Å²) in [6, 6.07) is 13.7. The number of anilines is 1. The van der Waals surface area contributed by atoms with Crippen LogP contribution < -0.4 is 14.8 Å². The van der Waals surface area contributed by atoms with Crippen LogP contribution in [0, 0.1) is 0 Å². The molecule has 0 aliphatic carbocycles. The zero-order valence-corrected chi connectivity index (χ0v) is 13.2. The van der Waals surface area contributed by atoms with Gasteiger partial charge in [0.15, 0.2) is 0 Å². The number of hydrogen-bond acceptors (Lipinski definition) is 4. The summed E-state index contributed by atoms with van der Waals surface area (Å²) in [5.41, 5.74) is 1.05. The van der Waals surface area contributed by atoms with Gasteiger partial charge in [-0.25, -0.2) is 0 Å². The van der Waals surface area contributed by atoms with Gasteiger partial charge in [0.2, 0.25) is 0 Å². The molecule has 0 bridgehead atoms. The third-order valence-electron chi connectivity index (χ3n) is 2.92. The molecule has 0 saturated carbocycles. The molecule has 120 valence electrons. The minimum atomic E-state index is -0.408. The molecule has 0 spiro atoms. The highest BCUT2D eigenvalue weighted by Crippen LogP contribution is 2.19. The Balaban J connectivity index is 2.08. The van der Waals surface area contributed by atoms with Crippen LogP contribution in [0.1, 0.15) is 30.6 Å². The number of ether oxygens (including phenoxy) is 2. The van der Waals surface area contributed by atoms with E-state index in [4.69, 9.17) is 9.47 Å². The van der Waals surface area contributed by atoms with E-state index in [0.29, 0.717) is 29.4 Å². The summed E-state index contributed by atoms with van der Waals surface area (Å²) in [5.74, 6) is 0.379. The van der Waals surface area contributed by atoms with Gasteiger partial charge in [-0.05, 0) is 36.8 Å². The molecule has 0 radical (unpaired) electrons. The number of rotatable bonds is 6. The van der Waals surface area contributed by atoms with E-state index in [0.717, 1.165) is 6.42 Å². The number of benzene rings is 2. The van der Waals surface area contributed by atoms with E-state index >= 15 is 0 Å². The molecule has 1 amide bonds. The zero-order chi connectivity index (χ0) is 16.7. The summed E-state index contributed by atoms with van der Waals surface area (Å²) in [4.78, 5) is 23.3. The molecule has 2 aromatic carbocycles. The van der Waals surface area contributed by atoms with Crippen LogP contribution in [0.5, 0.6) is 11.5 Å². The Kier molecular flexibility index (Phi) is 5.74. The summed E-state index contributed by atoms with van der Waals surface area (Å²) >= 11 is 0. The molecule has 2 rings (SSSR count). The van der Waals surface area contributed by atoms with Crippen molar-refractivity contribution in [2.75, 3.05) is 11.9 Å². The van der Waals surface area contributed by atoms with Crippen LogP contribution in [0.25, 0.3) is 0 Å². The summed E-state index contributed by atoms with van der Waals surface area (Å²) in [7, 11) is 0. The van der Waals surface area contributed by atoms with E-state index in [-0.39, 0.29) is 5.91 Å². The van der Waals surface area contributed by atoms with Crippen LogP contribution in [0.3, 0.4) is 0 Å². The molecule has 0 saturated heterocycles. The first-order valence-corrected chi connectivity index (χ1v) is 7.41. The average Bonchev–Trinajstić information content (AvgIpc) is 2.53. The molecule has 0 aliphatic rings. The standard InChI is InChI=1S/C18H19NO4/c1-3-10-22-16-8-4-6-14(11-16)18(21)19-15-7-5-9-17(12-15)23-13(2)20/h4-9,11-12H,3,10H2,1-2H3,(H,19,21). The minimum Gasteiger partial charge on any atom is -0.494 e. The van der Waals surface area contributed by atoms with Crippen LogP contribution >= 0.6 is 0 Å². The topological polar surface area (TPSA) is 64.6 Å². The maximum absolute atomic E-state index is 12.3. The maximum Gasteiger partial charge on any atom is 0.308 e. The maximum atomic E-state index is 12.3. The zero-order valence-electron chi connectivity index (χ0n) is 13.2. The van der Waals surface area contributed by atoms with Crippen molar-refractivity contribution in [3.63, 3.8) is 0 Å². The average molecular weight is 313 g/mol. The number of amides is 1. The first kappa shape index (κ1) is 16.5. The first-order valence-electron chi connectivity index (χ1n) is 7.41. The third kappa shape index (κ3) is 5.14. The van der Waals surface area contributed by atoms with E-state index in [9.17, 15) is 9.59 Å². The second-order valence-electron chi connectivity index (χ2n) is 4.95. The van der Waals surface area contributed by atoms with Crippen LogP contribution in [0.15, 0.2) is 48.5 Å². The molecule has 2 aromatic rings. The van der Waals surface area contributed by atoms with Crippen LogP contribution in [0.4, 0.5) is 5.69 Å². The molecule has 0 aliphatic heterocycles. The molecular formula is C18H19NO4. The number of hydrogen-bond donors (Lipinski definition) is 1. The monoisotopic (exact) mass is 313 g/mol. The third-order valence-corrected chi connectivity index (χ3v) is 2.92. The van der Waals surface area contributed by atoms with Crippen molar-refractivity contribution in [1.29, 1.82) is 0 Å². The Morgan fingerprint density at radius 3 is 2.52 bits per heavy atom. The number of esters is 1. The van der Waals surface area contributed by atoms with Gasteiger partial charge in [0, 0.05) is 24.2 Å². The van der Waals surface area contributed by atoms with Gasteiger partial charge >= 0.3 is 5.97 Å².